The highest BCUT2D eigenvalue weighted by atomic mass is 15.2. The van der Waals surface area contributed by atoms with E-state index in [1.54, 1.807) is 0 Å². The van der Waals surface area contributed by atoms with Crippen molar-refractivity contribution >= 4 is 0 Å². The molecule has 15 heavy (non-hydrogen) atoms. The molecular formula is C13H26N2. The van der Waals surface area contributed by atoms with Crippen LogP contribution in [0.1, 0.15) is 40.0 Å². The summed E-state index contributed by atoms with van der Waals surface area (Å²) in [4.78, 5) is 2.59. The summed E-state index contributed by atoms with van der Waals surface area (Å²) in [5.74, 6) is 0. The fraction of sp³-hybridized carbons (Fsp3) is 0.846. The van der Waals surface area contributed by atoms with Crippen molar-refractivity contribution in [3.05, 3.63) is 12.2 Å². The van der Waals surface area contributed by atoms with Crippen LogP contribution >= 0.6 is 0 Å². The van der Waals surface area contributed by atoms with Gasteiger partial charge in [-0.05, 0) is 31.4 Å². The lowest BCUT2D eigenvalue weighted by Gasteiger charge is -2.23. The van der Waals surface area contributed by atoms with Gasteiger partial charge < -0.3 is 5.32 Å². The molecule has 2 heteroatoms. The first kappa shape index (κ1) is 12.7. The second-order valence-electron chi connectivity index (χ2n) is 4.99. The van der Waals surface area contributed by atoms with Crippen LogP contribution in [0.2, 0.25) is 0 Å². The lowest BCUT2D eigenvalue weighted by molar-refractivity contribution is 0.284. The Morgan fingerprint density at radius 3 is 2.60 bits per heavy atom. The van der Waals surface area contributed by atoms with Crippen molar-refractivity contribution in [2.75, 3.05) is 19.6 Å². The van der Waals surface area contributed by atoms with Crippen LogP contribution in [0, 0.1) is 0 Å². The summed E-state index contributed by atoms with van der Waals surface area (Å²) in [5.41, 5.74) is 1.32. The molecule has 0 aliphatic heterocycles. The highest BCUT2D eigenvalue weighted by Gasteiger charge is 2.28. The summed E-state index contributed by atoms with van der Waals surface area (Å²) < 4.78 is 0. The zero-order valence-corrected chi connectivity index (χ0v) is 10.6. The van der Waals surface area contributed by atoms with Crippen LogP contribution in [-0.2, 0) is 0 Å². The molecule has 0 amide bonds. The Labute approximate surface area is 94.7 Å². The third-order valence-electron chi connectivity index (χ3n) is 2.76. The summed E-state index contributed by atoms with van der Waals surface area (Å²) in [6.45, 7) is 14.0. The average Bonchev–Trinajstić information content (AvgIpc) is 2.97. The van der Waals surface area contributed by atoms with Gasteiger partial charge in [-0.1, -0.05) is 27.4 Å². The molecule has 88 valence electrons. The van der Waals surface area contributed by atoms with Gasteiger partial charge in [0.2, 0.25) is 0 Å². The highest BCUT2D eigenvalue weighted by molar-refractivity contribution is 5.02. The highest BCUT2D eigenvalue weighted by Crippen LogP contribution is 2.27. The Bertz CT molecular complexity index is 195. The molecule has 1 aliphatic carbocycles. The maximum Gasteiger partial charge on any atom is 0.0205 e. The molecule has 0 radical (unpaired) electrons. The van der Waals surface area contributed by atoms with Crippen molar-refractivity contribution in [1.29, 1.82) is 0 Å². The van der Waals surface area contributed by atoms with Crippen molar-refractivity contribution in [1.82, 2.24) is 10.2 Å². The van der Waals surface area contributed by atoms with E-state index >= 15 is 0 Å². The first-order valence-electron chi connectivity index (χ1n) is 6.27. The molecule has 0 atom stereocenters. The van der Waals surface area contributed by atoms with Gasteiger partial charge in [-0.15, -0.1) is 0 Å². The maximum absolute atomic E-state index is 4.15. The molecule has 0 aromatic rings. The SMILES string of the molecule is C=C(CNC(C)C)CN(CCC)C1CC1. The maximum atomic E-state index is 4.15. The molecule has 0 heterocycles. The number of hydrogen-bond donors (Lipinski definition) is 1. The first-order chi connectivity index (χ1) is 7.13. The molecule has 0 saturated heterocycles. The van der Waals surface area contributed by atoms with Gasteiger partial charge in [0, 0.05) is 25.2 Å². The zero-order valence-electron chi connectivity index (χ0n) is 10.6. The third kappa shape index (κ3) is 5.33. The van der Waals surface area contributed by atoms with E-state index in [9.17, 15) is 0 Å². The Morgan fingerprint density at radius 2 is 2.13 bits per heavy atom. The minimum Gasteiger partial charge on any atom is -0.311 e. The molecule has 0 bridgehead atoms. The molecule has 1 saturated carbocycles. The summed E-state index contributed by atoms with van der Waals surface area (Å²) in [5, 5.41) is 3.43. The second kappa shape index (κ2) is 6.29. The van der Waals surface area contributed by atoms with Gasteiger partial charge in [0.1, 0.15) is 0 Å². The van der Waals surface area contributed by atoms with Gasteiger partial charge in [-0.3, -0.25) is 4.90 Å². The molecular weight excluding hydrogens is 184 g/mol. The van der Waals surface area contributed by atoms with Crippen LogP contribution in [0.5, 0.6) is 0 Å². The minimum absolute atomic E-state index is 0.558. The quantitative estimate of drug-likeness (QED) is 0.619. The first-order valence-corrected chi connectivity index (χ1v) is 6.27. The molecule has 0 aromatic carbocycles. The van der Waals surface area contributed by atoms with E-state index in [4.69, 9.17) is 0 Å². The van der Waals surface area contributed by atoms with Crippen molar-refractivity contribution in [2.24, 2.45) is 0 Å². The average molecular weight is 210 g/mol. The minimum atomic E-state index is 0.558. The van der Waals surface area contributed by atoms with Crippen LogP contribution in [0.3, 0.4) is 0 Å². The molecule has 0 unspecified atom stereocenters. The van der Waals surface area contributed by atoms with E-state index in [0.29, 0.717) is 6.04 Å². The Morgan fingerprint density at radius 1 is 1.47 bits per heavy atom. The molecule has 1 fully saturated rings. The number of nitrogens with zero attached hydrogens (tertiary/aromatic N) is 1. The Kier molecular flexibility index (Phi) is 5.34. The molecule has 0 aromatic heterocycles. The van der Waals surface area contributed by atoms with Gasteiger partial charge in [0.15, 0.2) is 0 Å². The lowest BCUT2D eigenvalue weighted by atomic mass is 10.2. The Balaban J connectivity index is 2.21. The molecule has 0 spiro atoms. The van der Waals surface area contributed by atoms with E-state index in [1.165, 1.54) is 31.4 Å². The summed E-state index contributed by atoms with van der Waals surface area (Å²) in [6.07, 6.45) is 4.04. The summed E-state index contributed by atoms with van der Waals surface area (Å²) in [6, 6.07) is 1.42. The number of rotatable bonds is 8. The lowest BCUT2D eigenvalue weighted by Crippen LogP contribution is -2.33. The van der Waals surface area contributed by atoms with Crippen molar-refractivity contribution in [3.8, 4) is 0 Å². The second-order valence-corrected chi connectivity index (χ2v) is 4.99. The summed E-state index contributed by atoms with van der Waals surface area (Å²) >= 11 is 0. The largest absolute Gasteiger partial charge is 0.311 e. The van der Waals surface area contributed by atoms with E-state index in [-0.39, 0.29) is 0 Å². The van der Waals surface area contributed by atoms with Gasteiger partial charge in [-0.25, -0.2) is 0 Å². The third-order valence-corrected chi connectivity index (χ3v) is 2.76. The number of nitrogens with one attached hydrogen (secondary N) is 1. The van der Waals surface area contributed by atoms with E-state index < -0.39 is 0 Å². The predicted octanol–water partition coefficient (Wildman–Crippen LogP) is 2.42. The zero-order chi connectivity index (χ0) is 11.3. The predicted molar refractivity (Wildman–Crippen MR) is 67.2 cm³/mol. The number of hydrogen-bond acceptors (Lipinski definition) is 2. The van der Waals surface area contributed by atoms with Crippen LogP contribution in [0.15, 0.2) is 12.2 Å². The van der Waals surface area contributed by atoms with E-state index in [1.807, 2.05) is 0 Å². The van der Waals surface area contributed by atoms with Crippen molar-refractivity contribution < 1.29 is 0 Å². The Hall–Kier alpha value is -0.340. The molecule has 2 nitrogen and oxygen atoms in total. The molecule has 1 aliphatic rings. The normalized spacial score (nSPS) is 16.3. The molecule has 1 rings (SSSR count). The fourth-order valence-electron chi connectivity index (χ4n) is 1.81. The van der Waals surface area contributed by atoms with Gasteiger partial charge >= 0.3 is 0 Å². The molecule has 1 N–H and O–H groups in total. The van der Waals surface area contributed by atoms with Crippen LogP contribution in [0.25, 0.3) is 0 Å². The standard InChI is InChI=1S/C13H26N2/c1-5-8-15(13-6-7-13)10-12(4)9-14-11(2)3/h11,13-14H,4-10H2,1-3H3. The van der Waals surface area contributed by atoms with Crippen LogP contribution in [0.4, 0.5) is 0 Å². The monoisotopic (exact) mass is 210 g/mol. The van der Waals surface area contributed by atoms with Crippen LogP contribution in [-0.4, -0.2) is 36.6 Å². The van der Waals surface area contributed by atoms with Crippen molar-refractivity contribution in [2.45, 2.75) is 52.1 Å². The van der Waals surface area contributed by atoms with E-state index in [0.717, 1.165) is 19.1 Å². The topological polar surface area (TPSA) is 15.3 Å². The van der Waals surface area contributed by atoms with Gasteiger partial charge in [0.05, 0.1) is 0 Å². The van der Waals surface area contributed by atoms with Crippen LogP contribution < -0.4 is 5.32 Å². The van der Waals surface area contributed by atoms with E-state index in [2.05, 4.69) is 37.6 Å². The van der Waals surface area contributed by atoms with Gasteiger partial charge in [-0.2, -0.15) is 0 Å². The summed E-state index contributed by atoms with van der Waals surface area (Å²) in [7, 11) is 0. The van der Waals surface area contributed by atoms with Crippen molar-refractivity contribution in [3.63, 3.8) is 0 Å². The van der Waals surface area contributed by atoms with Gasteiger partial charge in [0.25, 0.3) is 0 Å². The smallest absolute Gasteiger partial charge is 0.0205 e. The fourth-order valence-corrected chi connectivity index (χ4v) is 1.81.